The molecule has 1 rings (SSSR count). The average molecular weight is 321 g/mol. The zero-order chi connectivity index (χ0) is 12.2. The normalized spacial score (nSPS) is 19.4. The van der Waals surface area contributed by atoms with Gasteiger partial charge in [-0.05, 0) is 25.7 Å². The van der Waals surface area contributed by atoms with Gasteiger partial charge in [-0.1, -0.05) is 45.1 Å². The minimum atomic E-state index is 0.250. The molecule has 1 aliphatic rings. The molecular weight excluding hydrogens is 298 g/mol. The van der Waals surface area contributed by atoms with Crippen LogP contribution in [0.5, 0.6) is 0 Å². The van der Waals surface area contributed by atoms with Crippen LogP contribution >= 0.6 is 9.53 Å². The molecule has 0 atom stereocenters. The van der Waals surface area contributed by atoms with E-state index in [9.17, 15) is 0 Å². The zero-order valence-corrected chi connectivity index (χ0v) is 12.3. The number of hydrogen-bond acceptors (Lipinski definition) is 0. The van der Waals surface area contributed by atoms with Crippen molar-refractivity contribution in [2.75, 3.05) is 0 Å². The molecule has 92 valence electrons. The molecule has 0 unspecified atom stereocenters. The van der Waals surface area contributed by atoms with E-state index in [1.54, 1.807) is 0 Å². The van der Waals surface area contributed by atoms with Crippen molar-refractivity contribution in [3.63, 3.8) is 0 Å². The predicted molar refractivity (Wildman–Crippen MR) is 67.4 cm³/mol. The second-order valence-corrected chi connectivity index (χ2v) is 4.66. The SMILES string of the molecule is C1=C\CC/C=C\CC/1.[CH2-]C(C)(C)C.[Cl][Pd+]. The summed E-state index contributed by atoms with van der Waals surface area (Å²) in [6.07, 6.45) is 14.0. The van der Waals surface area contributed by atoms with Crippen LogP contribution in [-0.4, -0.2) is 0 Å². The summed E-state index contributed by atoms with van der Waals surface area (Å²) in [4.78, 5) is 0. The van der Waals surface area contributed by atoms with Crippen LogP contribution in [0.1, 0.15) is 46.5 Å². The second-order valence-electron chi connectivity index (χ2n) is 4.66. The van der Waals surface area contributed by atoms with Gasteiger partial charge >= 0.3 is 27.7 Å². The van der Waals surface area contributed by atoms with Gasteiger partial charge in [0.25, 0.3) is 0 Å². The summed E-state index contributed by atoms with van der Waals surface area (Å²) >= 11 is 2.22. The molecule has 0 saturated heterocycles. The van der Waals surface area contributed by atoms with E-state index in [2.05, 4.69) is 79.7 Å². The third kappa shape index (κ3) is 31.4. The first kappa shape index (κ1) is 17.8. The summed E-state index contributed by atoms with van der Waals surface area (Å²) in [5, 5.41) is 0. The van der Waals surface area contributed by atoms with Crippen LogP contribution in [0, 0.1) is 12.3 Å². The van der Waals surface area contributed by atoms with Crippen LogP contribution in [0.2, 0.25) is 0 Å². The van der Waals surface area contributed by atoms with Gasteiger partial charge in [-0.25, -0.2) is 0 Å². The summed E-state index contributed by atoms with van der Waals surface area (Å²) in [6.45, 7) is 10.0. The summed E-state index contributed by atoms with van der Waals surface area (Å²) in [5.41, 5.74) is 0.250. The van der Waals surface area contributed by atoms with E-state index in [0.29, 0.717) is 0 Å². The van der Waals surface area contributed by atoms with Crippen LogP contribution in [0.3, 0.4) is 0 Å². The third-order valence-corrected chi connectivity index (χ3v) is 1.33. The molecule has 0 heterocycles. The topological polar surface area (TPSA) is 0 Å². The van der Waals surface area contributed by atoms with Crippen LogP contribution in [-0.2, 0) is 18.2 Å². The van der Waals surface area contributed by atoms with Gasteiger partial charge in [-0.15, -0.1) is 0 Å². The Kier molecular flexibility index (Phi) is 14.8. The zero-order valence-electron chi connectivity index (χ0n) is 10.0. The Labute approximate surface area is 111 Å². The fourth-order valence-corrected chi connectivity index (χ4v) is 0.856. The van der Waals surface area contributed by atoms with E-state index in [-0.39, 0.29) is 5.41 Å². The van der Waals surface area contributed by atoms with Crippen molar-refractivity contribution in [1.82, 2.24) is 0 Å². The number of rotatable bonds is 0. The van der Waals surface area contributed by atoms with Crippen molar-refractivity contribution in [3.05, 3.63) is 31.2 Å². The van der Waals surface area contributed by atoms with Crippen LogP contribution in [0.4, 0.5) is 0 Å². The molecule has 0 N–H and O–H groups in total. The Morgan fingerprint density at radius 3 is 1.13 bits per heavy atom. The molecule has 0 aliphatic heterocycles. The summed E-state index contributed by atoms with van der Waals surface area (Å²) in [6, 6.07) is 0. The quantitative estimate of drug-likeness (QED) is 0.326. The predicted octanol–water partition coefficient (Wildman–Crippen LogP) is 5.23. The molecule has 2 heteroatoms. The Morgan fingerprint density at radius 1 is 0.867 bits per heavy atom. The maximum atomic E-state index is 4.49. The van der Waals surface area contributed by atoms with Crippen LogP contribution in [0.25, 0.3) is 0 Å². The molecule has 0 amide bonds. The Hall–Kier alpha value is 0.432. The first-order valence-corrected chi connectivity index (χ1v) is 7.27. The van der Waals surface area contributed by atoms with Gasteiger partial charge in [-0.3, -0.25) is 0 Å². The van der Waals surface area contributed by atoms with Gasteiger partial charge in [0.2, 0.25) is 0 Å². The van der Waals surface area contributed by atoms with E-state index in [0.717, 1.165) is 0 Å². The number of hydrogen-bond donors (Lipinski definition) is 0. The van der Waals surface area contributed by atoms with Crippen molar-refractivity contribution < 1.29 is 18.2 Å². The van der Waals surface area contributed by atoms with Crippen molar-refractivity contribution in [2.45, 2.75) is 46.5 Å². The van der Waals surface area contributed by atoms with E-state index in [1.165, 1.54) is 25.7 Å². The molecule has 0 radical (unpaired) electrons. The van der Waals surface area contributed by atoms with E-state index < -0.39 is 0 Å². The van der Waals surface area contributed by atoms with Gasteiger partial charge in [0.1, 0.15) is 0 Å². The molecule has 0 aromatic rings. The van der Waals surface area contributed by atoms with Gasteiger partial charge < -0.3 is 6.92 Å². The van der Waals surface area contributed by atoms with E-state index >= 15 is 0 Å². The molecule has 0 fully saturated rings. The van der Waals surface area contributed by atoms with Crippen molar-refractivity contribution in [2.24, 2.45) is 5.41 Å². The van der Waals surface area contributed by atoms with Crippen molar-refractivity contribution >= 4 is 9.53 Å². The van der Waals surface area contributed by atoms with Gasteiger partial charge in [0.05, 0.1) is 0 Å². The molecule has 0 bridgehead atoms. The van der Waals surface area contributed by atoms with Gasteiger partial charge in [-0.2, -0.15) is 5.41 Å². The Balaban J connectivity index is 0. The summed E-state index contributed by atoms with van der Waals surface area (Å²) < 4.78 is 0. The molecule has 1 aliphatic carbocycles. The molecular formula is C13H23ClPd. The van der Waals surface area contributed by atoms with Crippen LogP contribution < -0.4 is 0 Å². The summed E-state index contributed by atoms with van der Waals surface area (Å²) in [7, 11) is 4.49. The molecule has 0 nitrogen and oxygen atoms in total. The first-order chi connectivity index (χ1) is 7.00. The molecule has 0 saturated carbocycles. The van der Waals surface area contributed by atoms with Crippen molar-refractivity contribution in [1.29, 1.82) is 0 Å². The maximum absolute atomic E-state index is 4.49. The minimum absolute atomic E-state index is 0.250. The van der Waals surface area contributed by atoms with E-state index in [4.69, 9.17) is 0 Å². The molecule has 0 aromatic carbocycles. The van der Waals surface area contributed by atoms with Crippen LogP contribution in [0.15, 0.2) is 24.3 Å². The van der Waals surface area contributed by atoms with Crippen molar-refractivity contribution in [3.8, 4) is 0 Å². The fraction of sp³-hybridized carbons (Fsp3) is 0.615. The number of halogens is 1. The average Bonchev–Trinajstić information content (AvgIpc) is 2.03. The fourth-order valence-electron chi connectivity index (χ4n) is 0.856. The first-order valence-electron chi connectivity index (χ1n) is 5.27. The van der Waals surface area contributed by atoms with Gasteiger partial charge in [0, 0.05) is 0 Å². The Bertz CT molecular complexity index is 134. The second kappa shape index (κ2) is 12.5. The molecule has 15 heavy (non-hydrogen) atoms. The molecule has 0 spiro atoms. The molecule has 0 aromatic heterocycles. The monoisotopic (exact) mass is 320 g/mol. The summed E-state index contributed by atoms with van der Waals surface area (Å²) in [5.74, 6) is 0. The van der Waals surface area contributed by atoms with E-state index in [1.807, 2.05) is 0 Å². The number of allylic oxidation sites excluding steroid dienone is 4. The standard InChI is InChI=1S/C8H12.C5H11.ClH.Pd/c1-2-4-6-8-7-5-3-1;1-5(2,3)4;;/h1-2,7-8H,3-6H2;1H2,2-4H3;1H;/q;-1;;+2/p-1/b2-1-,8-7-;;;. The third-order valence-electron chi connectivity index (χ3n) is 1.33. The van der Waals surface area contributed by atoms with Gasteiger partial charge in [0.15, 0.2) is 0 Å². The Morgan fingerprint density at radius 2 is 1.00 bits per heavy atom.